The first-order valence-corrected chi connectivity index (χ1v) is 8.13. The summed E-state index contributed by atoms with van der Waals surface area (Å²) in [5.74, 6) is 0. The molecule has 3 nitrogen and oxygen atoms in total. The molecule has 0 saturated heterocycles. The van der Waals surface area contributed by atoms with Crippen LogP contribution >= 0.6 is 0 Å². The van der Waals surface area contributed by atoms with Gasteiger partial charge in [-0.3, -0.25) is 4.98 Å². The fourth-order valence-corrected chi connectivity index (χ4v) is 3.75. The molecular formula is C20H25N3. The van der Waals surface area contributed by atoms with E-state index in [1.165, 1.54) is 33.3 Å². The quantitative estimate of drug-likeness (QED) is 0.719. The zero-order chi connectivity index (χ0) is 14.9. The number of aromatic nitrogens is 2. The minimum Gasteiger partial charge on any atom is -0.340 e. The summed E-state index contributed by atoms with van der Waals surface area (Å²) >= 11 is 0. The van der Waals surface area contributed by atoms with E-state index < -0.39 is 0 Å². The highest BCUT2D eigenvalue weighted by atomic mass is 15.0. The highest BCUT2D eigenvalue weighted by Crippen LogP contribution is 2.39. The first kappa shape index (κ1) is 15.8. The van der Waals surface area contributed by atoms with Gasteiger partial charge in [0.05, 0.1) is 11.2 Å². The maximum atomic E-state index is 5.68. The summed E-state index contributed by atoms with van der Waals surface area (Å²) in [7, 11) is 0. The molecule has 23 heavy (non-hydrogen) atoms. The summed E-state index contributed by atoms with van der Waals surface area (Å²) in [4.78, 5) is 4.33. The molecule has 1 aliphatic rings. The lowest BCUT2D eigenvalue weighted by atomic mass is 9.99. The van der Waals surface area contributed by atoms with Crippen molar-refractivity contribution in [2.45, 2.75) is 39.7 Å². The molecule has 4 rings (SSSR count). The van der Waals surface area contributed by atoms with Gasteiger partial charge in [0.2, 0.25) is 0 Å². The molecule has 0 aliphatic carbocycles. The fourth-order valence-electron chi connectivity index (χ4n) is 3.75. The van der Waals surface area contributed by atoms with Crippen molar-refractivity contribution in [2.75, 3.05) is 6.54 Å². The number of pyridine rings is 1. The summed E-state index contributed by atoms with van der Waals surface area (Å²) in [5.41, 5.74) is 12.7. The van der Waals surface area contributed by atoms with Gasteiger partial charge in [0.25, 0.3) is 0 Å². The van der Waals surface area contributed by atoms with E-state index in [4.69, 9.17) is 5.73 Å². The van der Waals surface area contributed by atoms with Gasteiger partial charge in [0, 0.05) is 29.9 Å². The Morgan fingerprint density at radius 2 is 2.04 bits per heavy atom. The molecule has 3 heteroatoms. The summed E-state index contributed by atoms with van der Waals surface area (Å²) in [6.07, 6.45) is 8.29. The molecule has 0 spiro atoms. The Kier molecular flexibility index (Phi) is 4.49. The van der Waals surface area contributed by atoms with Crippen LogP contribution in [-0.4, -0.2) is 16.1 Å². The number of nitrogens with two attached hydrogens (primary N) is 1. The van der Waals surface area contributed by atoms with Crippen LogP contribution in [0.25, 0.3) is 22.2 Å². The predicted octanol–water partition coefficient (Wildman–Crippen LogP) is 4.18. The van der Waals surface area contributed by atoms with E-state index in [2.05, 4.69) is 33.8 Å². The molecule has 120 valence electrons. The Morgan fingerprint density at radius 1 is 1.13 bits per heavy atom. The molecule has 2 N–H and O–H groups in total. The van der Waals surface area contributed by atoms with Crippen LogP contribution in [0, 0.1) is 0 Å². The van der Waals surface area contributed by atoms with E-state index in [0.717, 1.165) is 38.8 Å². The van der Waals surface area contributed by atoms with E-state index >= 15 is 0 Å². The summed E-state index contributed by atoms with van der Waals surface area (Å²) in [6.45, 7) is 1.85. The number of para-hydroxylation sites is 1. The second kappa shape index (κ2) is 6.55. The largest absolute Gasteiger partial charge is 0.340 e. The SMILES string of the molecule is C.NCCCCc1c(-c2cccnc2)n2c3c(cccc13)CC2. The van der Waals surface area contributed by atoms with Crippen molar-refractivity contribution in [1.29, 1.82) is 0 Å². The molecule has 1 aliphatic heterocycles. The molecule has 0 fully saturated rings. The minimum atomic E-state index is 0. The van der Waals surface area contributed by atoms with Gasteiger partial charge in [-0.15, -0.1) is 0 Å². The number of aryl methyl sites for hydroxylation is 3. The highest BCUT2D eigenvalue weighted by molar-refractivity contribution is 5.94. The zero-order valence-corrected chi connectivity index (χ0v) is 12.8. The van der Waals surface area contributed by atoms with Gasteiger partial charge in [-0.2, -0.15) is 0 Å². The Balaban J connectivity index is 0.00000156. The molecule has 0 bridgehead atoms. The van der Waals surface area contributed by atoms with Crippen LogP contribution < -0.4 is 5.73 Å². The van der Waals surface area contributed by atoms with Crippen molar-refractivity contribution in [3.8, 4) is 11.3 Å². The van der Waals surface area contributed by atoms with Gasteiger partial charge in [-0.25, -0.2) is 0 Å². The van der Waals surface area contributed by atoms with Gasteiger partial charge in [-0.05, 0) is 55.5 Å². The lowest BCUT2D eigenvalue weighted by Gasteiger charge is -2.10. The van der Waals surface area contributed by atoms with Crippen LogP contribution in [-0.2, 0) is 19.4 Å². The third-order valence-corrected chi connectivity index (χ3v) is 4.69. The molecular weight excluding hydrogens is 282 g/mol. The van der Waals surface area contributed by atoms with Crippen LogP contribution in [0.15, 0.2) is 42.7 Å². The van der Waals surface area contributed by atoms with Crippen molar-refractivity contribution >= 4 is 10.9 Å². The second-order valence-corrected chi connectivity index (χ2v) is 6.03. The van der Waals surface area contributed by atoms with E-state index in [9.17, 15) is 0 Å². The van der Waals surface area contributed by atoms with E-state index in [0.29, 0.717) is 0 Å². The Labute approximate surface area is 138 Å². The predicted molar refractivity (Wildman–Crippen MR) is 97.6 cm³/mol. The third-order valence-electron chi connectivity index (χ3n) is 4.69. The van der Waals surface area contributed by atoms with E-state index in [-0.39, 0.29) is 7.43 Å². The molecule has 0 amide bonds. The van der Waals surface area contributed by atoms with Gasteiger partial charge in [-0.1, -0.05) is 25.6 Å². The summed E-state index contributed by atoms with van der Waals surface area (Å²) in [6, 6.07) is 10.9. The number of hydrogen-bond acceptors (Lipinski definition) is 2. The Bertz CT molecular complexity index is 803. The molecule has 2 aromatic heterocycles. The van der Waals surface area contributed by atoms with Crippen LogP contribution in [0.3, 0.4) is 0 Å². The van der Waals surface area contributed by atoms with Crippen molar-refractivity contribution in [1.82, 2.24) is 9.55 Å². The first-order chi connectivity index (χ1) is 10.9. The van der Waals surface area contributed by atoms with Crippen molar-refractivity contribution in [2.24, 2.45) is 5.73 Å². The van der Waals surface area contributed by atoms with Gasteiger partial charge in [0.1, 0.15) is 0 Å². The molecule has 3 aromatic rings. The Morgan fingerprint density at radius 3 is 2.83 bits per heavy atom. The van der Waals surface area contributed by atoms with Crippen LogP contribution in [0.5, 0.6) is 0 Å². The molecule has 0 unspecified atom stereocenters. The average molecular weight is 307 g/mol. The summed E-state index contributed by atoms with van der Waals surface area (Å²) in [5, 5.41) is 1.42. The van der Waals surface area contributed by atoms with Crippen molar-refractivity contribution < 1.29 is 0 Å². The fraction of sp³-hybridized carbons (Fsp3) is 0.350. The number of unbranched alkanes of at least 4 members (excludes halogenated alkanes) is 1. The highest BCUT2D eigenvalue weighted by Gasteiger charge is 2.23. The number of benzene rings is 1. The smallest absolute Gasteiger partial charge is 0.0539 e. The molecule has 0 saturated carbocycles. The summed E-state index contributed by atoms with van der Waals surface area (Å²) < 4.78 is 2.50. The van der Waals surface area contributed by atoms with Gasteiger partial charge < -0.3 is 10.3 Å². The topological polar surface area (TPSA) is 43.8 Å². The molecule has 0 radical (unpaired) electrons. The maximum Gasteiger partial charge on any atom is 0.0539 e. The maximum absolute atomic E-state index is 5.68. The molecule has 0 atom stereocenters. The van der Waals surface area contributed by atoms with Crippen molar-refractivity contribution in [3.63, 3.8) is 0 Å². The second-order valence-electron chi connectivity index (χ2n) is 6.03. The van der Waals surface area contributed by atoms with Crippen LogP contribution in [0.4, 0.5) is 0 Å². The van der Waals surface area contributed by atoms with E-state index in [1.807, 2.05) is 18.5 Å². The third kappa shape index (κ3) is 2.55. The lowest BCUT2D eigenvalue weighted by Crippen LogP contribution is -2.01. The standard InChI is InChI=1S/C19H21N3.CH4/c20-10-2-1-7-16-17-8-3-5-14-9-12-22(18(14)17)19(16)15-6-4-11-21-13-15;/h3-6,8,11,13H,1-2,7,9-10,12,20H2;1H4. The normalized spacial score (nSPS) is 12.6. The minimum absolute atomic E-state index is 0. The molecule has 3 heterocycles. The van der Waals surface area contributed by atoms with Gasteiger partial charge >= 0.3 is 0 Å². The van der Waals surface area contributed by atoms with E-state index in [1.54, 1.807) is 0 Å². The number of hydrogen-bond donors (Lipinski definition) is 1. The van der Waals surface area contributed by atoms with Crippen LogP contribution in [0.2, 0.25) is 0 Å². The monoisotopic (exact) mass is 307 g/mol. The first-order valence-electron chi connectivity index (χ1n) is 8.13. The average Bonchev–Trinajstić information content (AvgIpc) is 3.12. The number of nitrogens with zero attached hydrogens (tertiary/aromatic N) is 2. The van der Waals surface area contributed by atoms with Crippen molar-refractivity contribution in [3.05, 3.63) is 53.9 Å². The number of rotatable bonds is 5. The van der Waals surface area contributed by atoms with Crippen LogP contribution in [0.1, 0.15) is 31.4 Å². The molecule has 1 aromatic carbocycles. The Hall–Kier alpha value is -2.13. The lowest BCUT2D eigenvalue weighted by molar-refractivity contribution is 0.737. The zero-order valence-electron chi connectivity index (χ0n) is 12.8. The van der Waals surface area contributed by atoms with Gasteiger partial charge in [0.15, 0.2) is 0 Å².